The summed E-state index contributed by atoms with van der Waals surface area (Å²) < 4.78 is 49.9. The highest BCUT2D eigenvalue weighted by atomic mass is 19.1. The van der Waals surface area contributed by atoms with E-state index in [0.29, 0.717) is 17.7 Å². The number of hydrogen-bond donors (Lipinski definition) is 0. The summed E-state index contributed by atoms with van der Waals surface area (Å²) in [6.07, 6.45) is 3.09. The normalized spacial score (nSPS) is 30.5. The van der Waals surface area contributed by atoms with Gasteiger partial charge in [-0.15, -0.1) is 0 Å². The summed E-state index contributed by atoms with van der Waals surface area (Å²) in [6, 6.07) is 3.23. The largest absolute Gasteiger partial charge is 0.490 e. The van der Waals surface area contributed by atoms with E-state index in [1.54, 1.807) is 20.8 Å². The minimum Gasteiger partial charge on any atom is -0.490 e. The summed E-state index contributed by atoms with van der Waals surface area (Å²) >= 11 is 0. The smallest absolute Gasteiger partial charge is 0.410 e. The van der Waals surface area contributed by atoms with Crippen LogP contribution in [-0.4, -0.2) is 58.9 Å². The molecule has 3 atom stereocenters. The number of amides is 1. The first-order chi connectivity index (χ1) is 19.2. The molecule has 0 spiro atoms. The zero-order valence-electron chi connectivity index (χ0n) is 26.9. The first-order valence-electron chi connectivity index (χ1n) is 15.6. The average Bonchev–Trinajstić information content (AvgIpc) is 3.75. The number of carbonyl (C=O) groups is 2. The van der Waals surface area contributed by atoms with Gasteiger partial charge in [0.15, 0.2) is 5.78 Å². The van der Waals surface area contributed by atoms with E-state index in [9.17, 15) is 9.59 Å². The highest BCUT2D eigenvalue weighted by Gasteiger charge is 2.80. The van der Waals surface area contributed by atoms with Crippen molar-refractivity contribution in [2.75, 3.05) is 19.7 Å². The first-order valence-corrected chi connectivity index (χ1v) is 15.6. The van der Waals surface area contributed by atoms with Crippen molar-refractivity contribution in [3.63, 3.8) is 0 Å². The number of hydrogen-bond acceptors (Lipinski definition) is 5. The second-order valence-electron chi connectivity index (χ2n) is 15.9. The van der Waals surface area contributed by atoms with Gasteiger partial charge >= 0.3 is 6.09 Å². The third-order valence-corrected chi connectivity index (χ3v) is 9.95. The van der Waals surface area contributed by atoms with Crippen molar-refractivity contribution in [1.82, 2.24) is 4.90 Å². The van der Waals surface area contributed by atoms with Crippen LogP contribution in [0, 0.1) is 17.2 Å². The molecule has 0 aromatic heterocycles. The Bertz CT molecular complexity index is 1250. The number of rotatable bonds is 6. The average molecular weight is 590 g/mol. The number of fused-ring (bicyclic) bond motifs is 1. The molecule has 4 aliphatic rings. The minimum absolute atomic E-state index is 0.0340. The number of nitrogens with zero attached hydrogens (tertiary/aromatic N) is 1. The van der Waals surface area contributed by atoms with E-state index in [1.807, 2.05) is 33.8 Å². The van der Waals surface area contributed by atoms with Crippen molar-refractivity contribution < 1.29 is 32.6 Å². The highest BCUT2D eigenvalue weighted by Crippen LogP contribution is 2.75. The molecule has 234 valence electrons. The maximum absolute atomic E-state index is 16.2. The standard InChI is InChI=1S/C34H49F2NO5/c1-29(2,3)41-28(39)37-16-14-33(36,15-17-37)20-40-25-19-24(35)23(18-22(25)21-10-11-21)34-26(31(34,7)8)12-13-32(9,27(34)38)42-30(4,5)6/h18-19,21,26H,10-17,20H2,1-9H3. The summed E-state index contributed by atoms with van der Waals surface area (Å²) in [4.78, 5) is 28.3. The number of ketones is 1. The molecule has 42 heavy (non-hydrogen) atoms. The van der Waals surface area contributed by atoms with Gasteiger partial charge < -0.3 is 19.1 Å². The van der Waals surface area contributed by atoms with Crippen LogP contribution in [-0.2, 0) is 19.7 Å². The summed E-state index contributed by atoms with van der Waals surface area (Å²) in [5, 5.41) is 0. The molecule has 1 aromatic carbocycles. The van der Waals surface area contributed by atoms with Crippen LogP contribution in [0.2, 0.25) is 0 Å². The van der Waals surface area contributed by atoms with E-state index in [1.165, 1.54) is 11.0 Å². The summed E-state index contributed by atoms with van der Waals surface area (Å²) in [5.41, 5.74) is -3.85. The molecular formula is C34H49F2NO5. The Balaban J connectivity index is 1.37. The number of carbonyl (C=O) groups excluding carboxylic acids is 2. The third kappa shape index (κ3) is 5.46. The third-order valence-electron chi connectivity index (χ3n) is 9.95. The maximum Gasteiger partial charge on any atom is 0.410 e. The van der Waals surface area contributed by atoms with E-state index in [2.05, 4.69) is 13.8 Å². The lowest BCUT2D eigenvalue weighted by atomic mass is 9.71. The van der Waals surface area contributed by atoms with Crippen LogP contribution in [0.1, 0.15) is 118 Å². The molecule has 1 amide bonds. The van der Waals surface area contributed by atoms with Gasteiger partial charge in [0.25, 0.3) is 0 Å². The first kappa shape index (κ1) is 31.2. The molecule has 0 bridgehead atoms. The van der Waals surface area contributed by atoms with Crippen molar-refractivity contribution in [3.05, 3.63) is 29.1 Å². The van der Waals surface area contributed by atoms with Crippen LogP contribution in [0.3, 0.4) is 0 Å². The fourth-order valence-corrected chi connectivity index (χ4v) is 7.76. The Hall–Kier alpha value is -2.22. The molecule has 1 aromatic rings. The Labute approximate surface area is 249 Å². The molecular weight excluding hydrogens is 540 g/mol. The predicted octanol–water partition coefficient (Wildman–Crippen LogP) is 7.65. The molecule has 3 unspecified atom stereocenters. The number of likely N-dealkylation sites (tertiary alicyclic amines) is 1. The van der Waals surface area contributed by atoms with Gasteiger partial charge in [-0.2, -0.15) is 0 Å². The number of piperidine rings is 1. The number of Topliss-reactive ketones (excluding diaryl/α,β-unsaturated/α-hetero) is 1. The van der Waals surface area contributed by atoms with Crippen LogP contribution in [0.5, 0.6) is 5.75 Å². The quantitative estimate of drug-likeness (QED) is 0.341. The lowest BCUT2D eigenvalue weighted by Crippen LogP contribution is -2.52. The van der Waals surface area contributed by atoms with Crippen molar-refractivity contribution in [3.8, 4) is 5.75 Å². The van der Waals surface area contributed by atoms with Gasteiger partial charge in [0.2, 0.25) is 0 Å². The van der Waals surface area contributed by atoms with Gasteiger partial charge in [-0.25, -0.2) is 13.6 Å². The van der Waals surface area contributed by atoms with E-state index < -0.39 is 45.2 Å². The topological polar surface area (TPSA) is 65.1 Å². The number of benzene rings is 1. The van der Waals surface area contributed by atoms with Gasteiger partial charge in [0, 0.05) is 37.6 Å². The van der Waals surface area contributed by atoms with E-state index in [4.69, 9.17) is 14.2 Å². The van der Waals surface area contributed by atoms with E-state index >= 15 is 8.78 Å². The van der Waals surface area contributed by atoms with Crippen molar-refractivity contribution in [2.45, 2.75) is 135 Å². The van der Waals surface area contributed by atoms with Crippen LogP contribution < -0.4 is 4.74 Å². The Morgan fingerprint density at radius 2 is 1.60 bits per heavy atom. The van der Waals surface area contributed by atoms with Crippen LogP contribution in [0.25, 0.3) is 0 Å². The molecule has 8 heteroatoms. The second kappa shape index (κ2) is 9.90. The van der Waals surface area contributed by atoms with Crippen molar-refractivity contribution in [1.29, 1.82) is 0 Å². The minimum atomic E-state index is -1.64. The van der Waals surface area contributed by atoms with Crippen molar-refractivity contribution >= 4 is 11.9 Å². The molecule has 0 radical (unpaired) electrons. The summed E-state index contributed by atoms with van der Waals surface area (Å²) in [5.74, 6) is 0.0722. The monoisotopic (exact) mass is 589 g/mol. The molecule has 6 nitrogen and oxygen atoms in total. The number of halogens is 2. The molecule has 3 aliphatic carbocycles. The Morgan fingerprint density at radius 1 is 0.976 bits per heavy atom. The van der Waals surface area contributed by atoms with Gasteiger partial charge in [-0.1, -0.05) is 13.8 Å². The molecule has 1 aliphatic heterocycles. The molecule has 0 N–H and O–H groups in total. The van der Waals surface area contributed by atoms with Crippen molar-refractivity contribution in [2.24, 2.45) is 11.3 Å². The Morgan fingerprint density at radius 3 is 2.14 bits per heavy atom. The molecule has 1 saturated heterocycles. The number of ether oxygens (including phenoxy) is 3. The fraction of sp³-hybridized carbons (Fsp3) is 0.765. The van der Waals surface area contributed by atoms with E-state index in [0.717, 1.165) is 24.8 Å². The lowest BCUT2D eigenvalue weighted by Gasteiger charge is -2.41. The van der Waals surface area contributed by atoms with Gasteiger partial charge in [0.1, 0.15) is 35.0 Å². The van der Waals surface area contributed by atoms with E-state index in [-0.39, 0.29) is 50.2 Å². The van der Waals surface area contributed by atoms with Crippen LogP contribution in [0.4, 0.5) is 13.6 Å². The second-order valence-corrected chi connectivity index (χ2v) is 15.9. The highest BCUT2D eigenvalue weighted by molar-refractivity contribution is 6.02. The summed E-state index contributed by atoms with van der Waals surface area (Å²) in [6.45, 7) is 17.5. The predicted molar refractivity (Wildman–Crippen MR) is 157 cm³/mol. The van der Waals surface area contributed by atoms with Gasteiger partial charge in [0.05, 0.1) is 11.0 Å². The lowest BCUT2D eigenvalue weighted by molar-refractivity contribution is -0.170. The summed E-state index contributed by atoms with van der Waals surface area (Å²) in [7, 11) is 0. The van der Waals surface area contributed by atoms with Gasteiger partial charge in [-0.3, -0.25) is 4.79 Å². The number of alkyl halides is 1. The molecule has 4 fully saturated rings. The Kier molecular flexibility index (Phi) is 7.36. The maximum atomic E-state index is 16.2. The molecule has 5 rings (SSSR count). The zero-order valence-corrected chi connectivity index (χ0v) is 26.9. The molecule has 1 heterocycles. The SMILES string of the molecule is CC(C)(C)OC(=O)N1CCC(F)(COc2cc(F)c(C34C(=O)C(C)(OC(C)(C)C)CCC3C4(C)C)cc2C2CC2)CC1. The zero-order chi connectivity index (χ0) is 31.1. The van der Waals surface area contributed by atoms with Crippen LogP contribution in [0.15, 0.2) is 12.1 Å². The molecule has 3 saturated carbocycles. The van der Waals surface area contributed by atoms with Gasteiger partial charge in [-0.05, 0) is 103 Å². The van der Waals surface area contributed by atoms with Crippen LogP contribution >= 0.6 is 0 Å². The fourth-order valence-electron chi connectivity index (χ4n) is 7.76.